The van der Waals surface area contributed by atoms with Crippen LogP contribution in [0.15, 0.2) is 53.9 Å². The summed E-state index contributed by atoms with van der Waals surface area (Å²) >= 11 is 0. The number of hydrogen-bond acceptors (Lipinski definition) is 4. The fourth-order valence-corrected chi connectivity index (χ4v) is 1.59. The molecule has 0 aliphatic heterocycles. The van der Waals surface area contributed by atoms with Gasteiger partial charge in [-0.2, -0.15) is 0 Å². The highest BCUT2D eigenvalue weighted by Crippen LogP contribution is 2.14. The molecular formula is C14H15N3O2. The Morgan fingerprint density at radius 1 is 1.11 bits per heavy atom. The Labute approximate surface area is 111 Å². The molecule has 0 amide bonds. The molecule has 0 spiro atoms. The summed E-state index contributed by atoms with van der Waals surface area (Å²) in [6, 6.07) is 11.3. The van der Waals surface area contributed by atoms with Gasteiger partial charge < -0.3 is 15.7 Å². The van der Waals surface area contributed by atoms with Gasteiger partial charge in [0.25, 0.3) is 0 Å². The van der Waals surface area contributed by atoms with E-state index in [1.165, 1.54) is 0 Å². The number of nitrogens with two attached hydrogens (primary N) is 1. The lowest BCUT2D eigenvalue weighted by molar-refractivity contribution is 0.306. The predicted molar refractivity (Wildman–Crippen MR) is 72.1 cm³/mol. The molecule has 98 valence electrons. The summed E-state index contributed by atoms with van der Waals surface area (Å²) in [6.07, 6.45) is 3.89. The quantitative estimate of drug-likeness (QED) is 0.371. The minimum absolute atomic E-state index is 0.186. The second-order valence-corrected chi connectivity index (χ2v) is 4.06. The molecule has 19 heavy (non-hydrogen) atoms. The van der Waals surface area contributed by atoms with Crippen molar-refractivity contribution in [2.45, 2.75) is 13.0 Å². The molecule has 1 aromatic heterocycles. The highest BCUT2D eigenvalue weighted by molar-refractivity contribution is 5.82. The van der Waals surface area contributed by atoms with Gasteiger partial charge in [0.2, 0.25) is 0 Å². The molecule has 0 radical (unpaired) electrons. The minimum atomic E-state index is 0.186. The average molecular weight is 257 g/mol. The largest absolute Gasteiger partial charge is 0.489 e. The standard InChI is InChI=1S/C14H15N3O2/c15-14(17-18)9-11-1-3-13(4-2-11)19-10-12-5-7-16-8-6-12/h1-8,18H,9-10H2,(H2,15,17). The molecule has 2 aromatic rings. The first-order valence-electron chi connectivity index (χ1n) is 5.85. The van der Waals surface area contributed by atoms with E-state index in [9.17, 15) is 0 Å². The first kappa shape index (κ1) is 12.9. The van der Waals surface area contributed by atoms with Gasteiger partial charge in [0.05, 0.1) is 0 Å². The van der Waals surface area contributed by atoms with Gasteiger partial charge in [0, 0.05) is 18.8 Å². The van der Waals surface area contributed by atoms with Crippen LogP contribution >= 0.6 is 0 Å². The Kier molecular flexibility index (Phi) is 4.34. The van der Waals surface area contributed by atoms with Crippen LogP contribution in [0.1, 0.15) is 11.1 Å². The van der Waals surface area contributed by atoms with Crippen LogP contribution in [0, 0.1) is 0 Å². The molecule has 1 aromatic carbocycles. The molecule has 3 N–H and O–H groups in total. The van der Waals surface area contributed by atoms with E-state index in [2.05, 4.69) is 10.1 Å². The zero-order chi connectivity index (χ0) is 13.5. The van der Waals surface area contributed by atoms with Crippen LogP contribution in [0.2, 0.25) is 0 Å². The van der Waals surface area contributed by atoms with Crippen LogP contribution in [-0.4, -0.2) is 16.0 Å². The van der Waals surface area contributed by atoms with E-state index < -0.39 is 0 Å². The van der Waals surface area contributed by atoms with E-state index in [4.69, 9.17) is 15.7 Å². The summed E-state index contributed by atoms with van der Waals surface area (Å²) in [7, 11) is 0. The number of oxime groups is 1. The SMILES string of the molecule is N/C(Cc1ccc(OCc2ccncc2)cc1)=N\O. The summed E-state index contributed by atoms with van der Waals surface area (Å²) in [6.45, 7) is 0.502. The third-order valence-electron chi connectivity index (χ3n) is 2.59. The number of aromatic nitrogens is 1. The second-order valence-electron chi connectivity index (χ2n) is 4.06. The number of ether oxygens (including phenoxy) is 1. The van der Waals surface area contributed by atoms with E-state index >= 15 is 0 Å². The van der Waals surface area contributed by atoms with Gasteiger partial charge in [0.15, 0.2) is 0 Å². The summed E-state index contributed by atoms with van der Waals surface area (Å²) in [5, 5.41) is 11.4. The first-order valence-corrected chi connectivity index (χ1v) is 5.85. The Bertz CT molecular complexity index is 538. The molecule has 1 heterocycles. The van der Waals surface area contributed by atoms with Crippen molar-refractivity contribution >= 4 is 5.84 Å². The Balaban J connectivity index is 1.92. The number of pyridine rings is 1. The van der Waals surface area contributed by atoms with Crippen molar-refractivity contribution in [1.82, 2.24) is 4.98 Å². The molecular weight excluding hydrogens is 242 g/mol. The summed E-state index contributed by atoms with van der Waals surface area (Å²) in [5.41, 5.74) is 7.47. The zero-order valence-electron chi connectivity index (χ0n) is 10.4. The molecule has 0 aliphatic rings. The van der Waals surface area contributed by atoms with Crippen molar-refractivity contribution in [2.24, 2.45) is 10.9 Å². The van der Waals surface area contributed by atoms with Crippen molar-refractivity contribution in [2.75, 3.05) is 0 Å². The van der Waals surface area contributed by atoms with Crippen molar-refractivity contribution in [3.8, 4) is 5.75 Å². The van der Waals surface area contributed by atoms with E-state index in [1.54, 1.807) is 12.4 Å². The summed E-state index contributed by atoms with van der Waals surface area (Å²) in [5.74, 6) is 0.963. The van der Waals surface area contributed by atoms with Crippen LogP contribution in [0.5, 0.6) is 5.75 Å². The number of nitrogens with zero attached hydrogens (tertiary/aromatic N) is 2. The maximum atomic E-state index is 8.49. The van der Waals surface area contributed by atoms with Crippen molar-refractivity contribution in [1.29, 1.82) is 0 Å². The first-order chi connectivity index (χ1) is 9.28. The Morgan fingerprint density at radius 2 is 1.79 bits per heavy atom. The molecule has 0 saturated heterocycles. The molecule has 5 nitrogen and oxygen atoms in total. The maximum Gasteiger partial charge on any atom is 0.143 e. The molecule has 2 rings (SSSR count). The summed E-state index contributed by atoms with van der Waals surface area (Å²) < 4.78 is 5.64. The van der Waals surface area contributed by atoms with Crippen LogP contribution in [-0.2, 0) is 13.0 Å². The number of benzene rings is 1. The molecule has 0 atom stereocenters. The Hall–Kier alpha value is -2.56. The lowest BCUT2D eigenvalue weighted by Gasteiger charge is -2.07. The molecule has 0 unspecified atom stereocenters. The summed E-state index contributed by atoms with van der Waals surface area (Å²) in [4.78, 5) is 3.95. The molecule has 0 fully saturated rings. The van der Waals surface area contributed by atoms with E-state index in [0.29, 0.717) is 13.0 Å². The van der Waals surface area contributed by atoms with Crippen LogP contribution in [0.4, 0.5) is 0 Å². The highest BCUT2D eigenvalue weighted by atomic mass is 16.5. The monoisotopic (exact) mass is 257 g/mol. The Morgan fingerprint density at radius 3 is 2.42 bits per heavy atom. The minimum Gasteiger partial charge on any atom is -0.489 e. The molecule has 0 aliphatic carbocycles. The van der Waals surface area contributed by atoms with Gasteiger partial charge in [-0.05, 0) is 35.4 Å². The van der Waals surface area contributed by atoms with E-state index in [-0.39, 0.29) is 5.84 Å². The lowest BCUT2D eigenvalue weighted by atomic mass is 10.1. The van der Waals surface area contributed by atoms with Crippen LogP contribution in [0.25, 0.3) is 0 Å². The fourth-order valence-electron chi connectivity index (χ4n) is 1.59. The van der Waals surface area contributed by atoms with Gasteiger partial charge in [0.1, 0.15) is 18.2 Å². The highest BCUT2D eigenvalue weighted by Gasteiger charge is 1.99. The topological polar surface area (TPSA) is 80.7 Å². The molecule has 0 bridgehead atoms. The number of amidine groups is 1. The van der Waals surface area contributed by atoms with E-state index in [1.807, 2.05) is 36.4 Å². The van der Waals surface area contributed by atoms with Gasteiger partial charge in [-0.15, -0.1) is 0 Å². The second kappa shape index (κ2) is 6.39. The third-order valence-corrected chi connectivity index (χ3v) is 2.59. The number of hydrogen-bond donors (Lipinski definition) is 2. The van der Waals surface area contributed by atoms with Gasteiger partial charge in [-0.25, -0.2) is 0 Å². The lowest BCUT2D eigenvalue weighted by Crippen LogP contribution is -2.14. The fraction of sp³-hybridized carbons (Fsp3) is 0.143. The van der Waals surface area contributed by atoms with Gasteiger partial charge >= 0.3 is 0 Å². The smallest absolute Gasteiger partial charge is 0.143 e. The predicted octanol–water partition coefficient (Wildman–Crippen LogP) is 1.95. The van der Waals surface area contributed by atoms with Gasteiger partial charge in [-0.1, -0.05) is 17.3 Å². The van der Waals surface area contributed by atoms with Crippen molar-refractivity contribution in [3.63, 3.8) is 0 Å². The van der Waals surface area contributed by atoms with Crippen molar-refractivity contribution in [3.05, 3.63) is 59.9 Å². The average Bonchev–Trinajstić information content (AvgIpc) is 2.47. The van der Waals surface area contributed by atoms with Gasteiger partial charge in [-0.3, -0.25) is 4.98 Å². The normalized spacial score (nSPS) is 11.3. The molecule has 5 heteroatoms. The van der Waals surface area contributed by atoms with E-state index in [0.717, 1.165) is 16.9 Å². The zero-order valence-corrected chi connectivity index (χ0v) is 10.4. The third kappa shape index (κ3) is 3.99. The maximum absolute atomic E-state index is 8.49. The molecule has 0 saturated carbocycles. The number of rotatable bonds is 5. The van der Waals surface area contributed by atoms with Crippen molar-refractivity contribution < 1.29 is 9.94 Å². The van der Waals surface area contributed by atoms with Crippen LogP contribution in [0.3, 0.4) is 0 Å². The van der Waals surface area contributed by atoms with Crippen LogP contribution < -0.4 is 10.5 Å².